The van der Waals surface area contributed by atoms with Gasteiger partial charge in [0.05, 0.1) is 12.7 Å². The van der Waals surface area contributed by atoms with Crippen molar-refractivity contribution >= 4 is 16.9 Å². The first-order valence-electron chi connectivity index (χ1n) is 8.99. The molecule has 0 aliphatic carbocycles. The smallest absolute Gasteiger partial charge is 0.227 e. The molecule has 1 unspecified atom stereocenters. The van der Waals surface area contributed by atoms with Gasteiger partial charge in [0.1, 0.15) is 17.4 Å². The average molecular weight is 352 g/mol. The lowest BCUT2D eigenvalue weighted by atomic mass is 10.0. The number of carbonyl (C=O) groups is 1. The number of carbonyl (C=O) groups excluding carboxylic acids is 1. The topological polar surface area (TPSA) is 63.3 Å². The average Bonchev–Trinajstić information content (AvgIpc) is 3.22. The Bertz CT molecular complexity index is 956. The molecule has 3 heterocycles. The van der Waals surface area contributed by atoms with Crippen LogP contribution in [0.2, 0.25) is 0 Å². The summed E-state index contributed by atoms with van der Waals surface area (Å²) in [6.45, 7) is 6.36. The zero-order valence-electron chi connectivity index (χ0n) is 15.5. The van der Waals surface area contributed by atoms with E-state index in [2.05, 4.69) is 30.2 Å². The van der Waals surface area contributed by atoms with Crippen LogP contribution in [0.5, 0.6) is 0 Å². The van der Waals surface area contributed by atoms with Crippen molar-refractivity contribution in [3.8, 4) is 0 Å². The summed E-state index contributed by atoms with van der Waals surface area (Å²) in [5.74, 6) is 1.02. The first kappa shape index (κ1) is 16.8. The molecule has 0 radical (unpaired) electrons. The predicted octanol–water partition coefficient (Wildman–Crippen LogP) is 2.50. The molecule has 1 saturated heterocycles. The SMILES string of the molecule is Cc1cc2occ(CC(=O)N3CCNCC3c3nccn3C)c2cc1C. The molecule has 0 bridgehead atoms. The molecule has 1 atom stereocenters. The summed E-state index contributed by atoms with van der Waals surface area (Å²) >= 11 is 0. The van der Waals surface area contributed by atoms with E-state index in [9.17, 15) is 4.79 Å². The third-order valence-corrected chi connectivity index (χ3v) is 5.33. The van der Waals surface area contributed by atoms with Crippen molar-refractivity contribution in [2.24, 2.45) is 7.05 Å². The number of piperazine rings is 1. The Labute approximate surface area is 152 Å². The minimum Gasteiger partial charge on any atom is -0.464 e. The monoisotopic (exact) mass is 352 g/mol. The van der Waals surface area contributed by atoms with Gasteiger partial charge < -0.3 is 19.2 Å². The fraction of sp³-hybridized carbons (Fsp3) is 0.400. The number of furan rings is 1. The third kappa shape index (κ3) is 2.90. The quantitative estimate of drug-likeness (QED) is 0.787. The number of benzene rings is 1. The van der Waals surface area contributed by atoms with E-state index in [-0.39, 0.29) is 11.9 Å². The molecule has 1 N–H and O–H groups in total. The molecule has 1 aliphatic heterocycles. The van der Waals surface area contributed by atoms with Gasteiger partial charge in [0.25, 0.3) is 0 Å². The van der Waals surface area contributed by atoms with Crippen LogP contribution < -0.4 is 5.32 Å². The maximum atomic E-state index is 13.1. The maximum absolute atomic E-state index is 13.1. The van der Waals surface area contributed by atoms with E-state index < -0.39 is 0 Å². The van der Waals surface area contributed by atoms with E-state index in [1.165, 1.54) is 11.1 Å². The number of aromatic nitrogens is 2. The van der Waals surface area contributed by atoms with Crippen LogP contribution in [0.4, 0.5) is 0 Å². The molecule has 1 aliphatic rings. The van der Waals surface area contributed by atoms with Crippen LogP contribution in [0.15, 0.2) is 35.2 Å². The van der Waals surface area contributed by atoms with Gasteiger partial charge in [-0.05, 0) is 37.1 Å². The summed E-state index contributed by atoms with van der Waals surface area (Å²) < 4.78 is 7.68. The van der Waals surface area contributed by atoms with E-state index in [0.29, 0.717) is 13.0 Å². The highest BCUT2D eigenvalue weighted by Crippen LogP contribution is 2.27. The molecular formula is C20H24N4O2. The molecule has 26 heavy (non-hydrogen) atoms. The van der Waals surface area contributed by atoms with Gasteiger partial charge in [0.15, 0.2) is 0 Å². The zero-order chi connectivity index (χ0) is 18.3. The maximum Gasteiger partial charge on any atom is 0.227 e. The molecule has 2 aromatic heterocycles. The molecule has 1 aromatic carbocycles. The number of hydrogen-bond acceptors (Lipinski definition) is 4. The Morgan fingerprint density at radius 3 is 2.92 bits per heavy atom. The van der Waals surface area contributed by atoms with Crippen LogP contribution in [0.25, 0.3) is 11.0 Å². The molecule has 6 heteroatoms. The molecule has 0 saturated carbocycles. The van der Waals surface area contributed by atoms with Gasteiger partial charge in [0.2, 0.25) is 5.91 Å². The highest BCUT2D eigenvalue weighted by Gasteiger charge is 2.30. The lowest BCUT2D eigenvalue weighted by Gasteiger charge is -2.35. The van der Waals surface area contributed by atoms with Crippen LogP contribution in [0, 0.1) is 13.8 Å². The standard InChI is InChI=1S/C20H24N4O2/c1-13-8-16-15(12-26-18(16)9-14(13)2)10-19(25)24-7-4-21-11-17(24)20-22-5-6-23(20)3/h5-6,8-9,12,17,21H,4,7,10-11H2,1-3H3. The minimum atomic E-state index is -0.0432. The van der Waals surface area contributed by atoms with E-state index >= 15 is 0 Å². The fourth-order valence-corrected chi connectivity index (χ4v) is 3.67. The van der Waals surface area contributed by atoms with Crippen LogP contribution in [-0.2, 0) is 18.3 Å². The minimum absolute atomic E-state index is 0.0432. The van der Waals surface area contributed by atoms with Crippen LogP contribution in [0.1, 0.15) is 28.6 Å². The fourth-order valence-electron chi connectivity index (χ4n) is 3.67. The van der Waals surface area contributed by atoms with Crippen molar-refractivity contribution in [1.82, 2.24) is 19.8 Å². The first-order valence-corrected chi connectivity index (χ1v) is 8.99. The van der Waals surface area contributed by atoms with E-state index in [1.807, 2.05) is 28.8 Å². The summed E-state index contributed by atoms with van der Waals surface area (Å²) in [6.07, 6.45) is 5.76. The predicted molar refractivity (Wildman–Crippen MR) is 99.9 cm³/mol. The summed E-state index contributed by atoms with van der Waals surface area (Å²) in [6, 6.07) is 4.11. The number of hydrogen-bond donors (Lipinski definition) is 1. The number of rotatable bonds is 3. The first-order chi connectivity index (χ1) is 12.5. The van der Waals surface area contributed by atoms with Crippen LogP contribution in [0.3, 0.4) is 0 Å². The lowest BCUT2D eigenvalue weighted by Crippen LogP contribution is -2.49. The molecule has 1 fully saturated rings. The van der Waals surface area contributed by atoms with E-state index in [0.717, 1.165) is 35.4 Å². The van der Waals surface area contributed by atoms with E-state index in [4.69, 9.17) is 4.42 Å². The van der Waals surface area contributed by atoms with Gasteiger partial charge in [-0.25, -0.2) is 4.98 Å². The molecule has 1 amide bonds. The highest BCUT2D eigenvalue weighted by molar-refractivity contribution is 5.88. The lowest BCUT2D eigenvalue weighted by molar-refractivity contribution is -0.134. The molecule has 4 rings (SSSR count). The molecule has 136 valence electrons. The summed E-state index contributed by atoms with van der Waals surface area (Å²) in [5.41, 5.74) is 4.20. The van der Waals surface area contributed by atoms with Crippen molar-refractivity contribution in [2.75, 3.05) is 19.6 Å². The van der Waals surface area contributed by atoms with Gasteiger partial charge in [-0.3, -0.25) is 4.79 Å². The van der Waals surface area contributed by atoms with Gasteiger partial charge >= 0.3 is 0 Å². The molecule has 6 nitrogen and oxygen atoms in total. The number of nitrogens with one attached hydrogen (secondary N) is 1. The number of aryl methyl sites for hydroxylation is 3. The Morgan fingerprint density at radius 1 is 1.35 bits per heavy atom. The Hall–Kier alpha value is -2.60. The Balaban J connectivity index is 1.61. The zero-order valence-corrected chi connectivity index (χ0v) is 15.5. The van der Waals surface area contributed by atoms with Gasteiger partial charge in [-0.2, -0.15) is 0 Å². The van der Waals surface area contributed by atoms with Crippen molar-refractivity contribution in [3.05, 3.63) is 53.3 Å². The van der Waals surface area contributed by atoms with Gasteiger partial charge in [0, 0.05) is 50.0 Å². The molecular weight excluding hydrogens is 328 g/mol. The van der Waals surface area contributed by atoms with Crippen molar-refractivity contribution in [2.45, 2.75) is 26.3 Å². The van der Waals surface area contributed by atoms with Gasteiger partial charge in [-0.15, -0.1) is 0 Å². The Kier molecular flexibility index (Phi) is 4.28. The summed E-state index contributed by atoms with van der Waals surface area (Å²) in [7, 11) is 1.97. The second-order valence-electron chi connectivity index (χ2n) is 7.07. The highest BCUT2D eigenvalue weighted by atomic mass is 16.3. The normalized spacial score (nSPS) is 17.8. The van der Waals surface area contributed by atoms with Crippen molar-refractivity contribution < 1.29 is 9.21 Å². The number of amides is 1. The number of nitrogens with zero attached hydrogens (tertiary/aromatic N) is 3. The number of fused-ring (bicyclic) bond motifs is 1. The second kappa shape index (κ2) is 6.61. The second-order valence-corrected chi connectivity index (χ2v) is 7.07. The van der Waals surface area contributed by atoms with Crippen molar-refractivity contribution in [3.63, 3.8) is 0 Å². The van der Waals surface area contributed by atoms with Crippen LogP contribution >= 0.6 is 0 Å². The molecule has 0 spiro atoms. The number of imidazole rings is 1. The van der Waals surface area contributed by atoms with E-state index in [1.54, 1.807) is 12.5 Å². The third-order valence-electron chi connectivity index (χ3n) is 5.33. The van der Waals surface area contributed by atoms with Gasteiger partial charge in [-0.1, -0.05) is 0 Å². The summed E-state index contributed by atoms with van der Waals surface area (Å²) in [5, 5.41) is 4.40. The largest absolute Gasteiger partial charge is 0.464 e. The molecule has 3 aromatic rings. The summed E-state index contributed by atoms with van der Waals surface area (Å²) in [4.78, 5) is 19.5. The Morgan fingerprint density at radius 2 is 2.15 bits per heavy atom. The van der Waals surface area contributed by atoms with Crippen molar-refractivity contribution in [1.29, 1.82) is 0 Å². The van der Waals surface area contributed by atoms with Crippen LogP contribution in [-0.4, -0.2) is 40.0 Å².